The Balaban J connectivity index is 0.00000126. The van der Waals surface area contributed by atoms with Crippen LogP contribution >= 0.6 is 0 Å². The first kappa shape index (κ1) is 31.9. The fraction of sp³-hybridized carbons (Fsp3) is 0.469. The highest BCUT2D eigenvalue weighted by atomic mass is 16.3. The molecule has 0 aliphatic heterocycles. The number of phenols is 1. The van der Waals surface area contributed by atoms with E-state index in [2.05, 4.69) is 31.2 Å². The highest BCUT2D eigenvalue weighted by molar-refractivity contribution is 6.17. The van der Waals surface area contributed by atoms with E-state index in [1.807, 2.05) is 26.0 Å². The fourth-order valence-electron chi connectivity index (χ4n) is 5.87. The Labute approximate surface area is 233 Å². The number of allylic oxidation sites excluding steroid dienone is 1. The molecule has 4 rings (SSSR count). The van der Waals surface area contributed by atoms with Gasteiger partial charge in [-0.2, -0.15) is 0 Å². The number of aryl methyl sites for hydroxylation is 2. The average Bonchev–Trinajstić information content (AvgIpc) is 2.86. The van der Waals surface area contributed by atoms with Crippen molar-refractivity contribution in [2.45, 2.75) is 72.6 Å². The predicted molar refractivity (Wildman–Crippen MR) is 156 cm³/mol. The number of benzene rings is 2. The summed E-state index contributed by atoms with van der Waals surface area (Å²) in [5.74, 6) is -3.11. The van der Waals surface area contributed by atoms with Gasteiger partial charge in [-0.3, -0.25) is 14.4 Å². The zero-order valence-electron chi connectivity index (χ0n) is 23.6. The number of aromatic hydroxyl groups is 1. The second kappa shape index (κ2) is 13.7. The third-order valence-corrected chi connectivity index (χ3v) is 7.73. The second-order valence-electron chi connectivity index (χ2n) is 10.8. The van der Waals surface area contributed by atoms with Gasteiger partial charge in [0.05, 0.1) is 17.9 Å². The van der Waals surface area contributed by atoms with Crippen LogP contribution in [-0.4, -0.2) is 44.8 Å². The lowest BCUT2D eigenvalue weighted by Crippen LogP contribution is -2.43. The van der Waals surface area contributed by atoms with Gasteiger partial charge in [0, 0.05) is 15.0 Å². The maximum absolute atomic E-state index is 13.4. The van der Waals surface area contributed by atoms with Crippen molar-refractivity contribution in [2.75, 3.05) is 6.61 Å². The molecule has 5 N–H and O–H groups in total. The van der Waals surface area contributed by atoms with Crippen LogP contribution in [0.5, 0.6) is 5.75 Å². The van der Waals surface area contributed by atoms with Crippen LogP contribution in [0.4, 0.5) is 0 Å². The highest BCUT2D eigenvalue weighted by Crippen LogP contribution is 2.49. The molecular formula is C32H46O7. The summed E-state index contributed by atoms with van der Waals surface area (Å²) in [6.45, 7) is 9.14. The summed E-state index contributed by atoms with van der Waals surface area (Å²) in [6.07, 6.45) is 2.03. The van der Waals surface area contributed by atoms with Crippen molar-refractivity contribution in [2.24, 2.45) is 17.8 Å². The molecule has 0 amide bonds. The van der Waals surface area contributed by atoms with Gasteiger partial charge < -0.3 is 20.8 Å². The number of hydrogen-bond donors (Lipinski definition) is 3. The Morgan fingerprint density at radius 2 is 1.77 bits per heavy atom. The summed E-state index contributed by atoms with van der Waals surface area (Å²) in [6, 6.07) is 12.4. The molecule has 216 valence electrons. The van der Waals surface area contributed by atoms with Crippen molar-refractivity contribution in [1.29, 1.82) is 0 Å². The number of ketones is 3. The smallest absolute Gasteiger partial charge is 0.173 e. The van der Waals surface area contributed by atoms with Gasteiger partial charge in [0.25, 0.3) is 0 Å². The predicted octanol–water partition coefficient (Wildman–Crippen LogP) is 5.32. The van der Waals surface area contributed by atoms with E-state index in [0.29, 0.717) is 18.4 Å². The Hall–Kier alpha value is -3.29. The summed E-state index contributed by atoms with van der Waals surface area (Å²) in [5, 5.41) is 31.3. The summed E-state index contributed by atoms with van der Waals surface area (Å²) in [7, 11) is 0. The van der Waals surface area contributed by atoms with Gasteiger partial charge in [-0.1, -0.05) is 57.2 Å². The van der Waals surface area contributed by atoms with Crippen molar-refractivity contribution in [3.05, 3.63) is 69.8 Å². The van der Waals surface area contributed by atoms with Gasteiger partial charge in [0.2, 0.25) is 0 Å². The van der Waals surface area contributed by atoms with Gasteiger partial charge in [-0.25, -0.2) is 0 Å². The molecule has 2 aromatic rings. The number of carbonyl (C=O) groups is 3. The van der Waals surface area contributed by atoms with Gasteiger partial charge in [-0.15, -0.1) is 0 Å². The molecule has 0 aromatic heterocycles. The number of phenolic OH excluding ortho intramolecular Hbond substituents is 1. The first-order valence-corrected chi connectivity index (χ1v) is 13.5. The maximum atomic E-state index is 13.4. The minimum absolute atomic E-state index is 0. The van der Waals surface area contributed by atoms with Crippen LogP contribution in [-0.2, 0) is 27.2 Å². The van der Waals surface area contributed by atoms with Gasteiger partial charge in [0.1, 0.15) is 17.3 Å². The lowest BCUT2D eigenvalue weighted by molar-refractivity contribution is -0.137. The van der Waals surface area contributed by atoms with Crippen molar-refractivity contribution in [3.63, 3.8) is 0 Å². The second-order valence-corrected chi connectivity index (χ2v) is 10.8. The van der Waals surface area contributed by atoms with Crippen LogP contribution in [0.1, 0.15) is 83.5 Å². The van der Waals surface area contributed by atoms with E-state index >= 15 is 0 Å². The van der Waals surface area contributed by atoms with E-state index in [1.165, 1.54) is 12.5 Å². The molecule has 0 spiro atoms. The molecule has 2 aliphatic rings. The average molecular weight is 543 g/mol. The zero-order valence-corrected chi connectivity index (χ0v) is 23.6. The first-order valence-electron chi connectivity index (χ1n) is 13.5. The first-order chi connectivity index (χ1) is 18.0. The van der Waals surface area contributed by atoms with E-state index in [1.54, 1.807) is 6.92 Å². The Kier molecular flexibility index (Phi) is 11.2. The number of carbonyl (C=O) groups excluding carboxylic acids is 3. The Morgan fingerprint density at radius 1 is 1.13 bits per heavy atom. The van der Waals surface area contributed by atoms with Crippen LogP contribution in [0.2, 0.25) is 0 Å². The fourth-order valence-corrected chi connectivity index (χ4v) is 5.87. The Bertz CT molecular complexity index is 1240. The molecule has 0 bridgehead atoms. The number of fused-ring (bicyclic) bond motifs is 2. The van der Waals surface area contributed by atoms with E-state index < -0.39 is 17.5 Å². The third-order valence-electron chi connectivity index (χ3n) is 7.73. The number of aliphatic hydroxyl groups is 2. The van der Waals surface area contributed by atoms with Crippen LogP contribution in [0, 0.1) is 24.7 Å². The SMILES string of the molecule is CC(=O)CC(=O)C1C(=O)C2=C(O)c3c(O)c(C)cc(C(C)C)c3CC2CC1CCO.CCc1ccccc1.O.[HH].[HH]. The third kappa shape index (κ3) is 6.84. The standard InChI is InChI=1S/C24H30O6.C8H10.H2O.2H2/c1-11(2)16-7-12(3)22(28)21-17(16)10-15-9-14(5-6-25)19(18(27)8-13(4)26)23(29)20(15)24(21)30;1-2-8-6-4-3-5-7-8;;;/h7,11,14-15,19,25,28,30H,5-6,8-10H2,1-4H3;3-7H,2H2,1H3;1H2;2*1H. The zero-order chi connectivity index (χ0) is 28.1. The van der Waals surface area contributed by atoms with Crippen molar-refractivity contribution in [3.8, 4) is 5.75 Å². The number of rotatable bonds is 7. The van der Waals surface area contributed by atoms with E-state index in [-0.39, 0.29) is 74.0 Å². The molecule has 7 heteroatoms. The van der Waals surface area contributed by atoms with Crippen molar-refractivity contribution >= 4 is 23.1 Å². The molecular weight excluding hydrogens is 496 g/mol. The van der Waals surface area contributed by atoms with Crippen LogP contribution in [0.3, 0.4) is 0 Å². The monoisotopic (exact) mass is 542 g/mol. The van der Waals surface area contributed by atoms with Gasteiger partial charge in [0.15, 0.2) is 11.6 Å². The maximum Gasteiger partial charge on any atom is 0.173 e. The summed E-state index contributed by atoms with van der Waals surface area (Å²) in [4.78, 5) is 37.6. The van der Waals surface area contributed by atoms with Crippen LogP contribution in [0.15, 0.2) is 42.0 Å². The molecule has 3 atom stereocenters. The topological polar surface area (TPSA) is 143 Å². The van der Waals surface area contributed by atoms with E-state index in [0.717, 1.165) is 17.5 Å². The molecule has 1 fully saturated rings. The quantitative estimate of drug-likeness (QED) is 0.404. The van der Waals surface area contributed by atoms with Gasteiger partial charge in [-0.05, 0) is 79.5 Å². The molecule has 7 nitrogen and oxygen atoms in total. The minimum Gasteiger partial charge on any atom is -0.507 e. The molecule has 0 radical (unpaired) electrons. The lowest BCUT2D eigenvalue weighted by Gasteiger charge is -2.39. The van der Waals surface area contributed by atoms with Crippen molar-refractivity contribution < 1.29 is 38.0 Å². The number of hydrogen-bond acceptors (Lipinski definition) is 6. The van der Waals surface area contributed by atoms with Gasteiger partial charge >= 0.3 is 0 Å². The number of aliphatic hydroxyl groups excluding tert-OH is 2. The largest absolute Gasteiger partial charge is 0.507 e. The summed E-state index contributed by atoms with van der Waals surface area (Å²) >= 11 is 0. The lowest BCUT2D eigenvalue weighted by atomic mass is 9.63. The minimum atomic E-state index is -1.05. The molecule has 0 heterocycles. The number of Topliss-reactive ketones (excluding diaryl/α,β-unsaturated/α-hetero) is 3. The summed E-state index contributed by atoms with van der Waals surface area (Å²) < 4.78 is 0. The molecule has 1 saturated carbocycles. The molecule has 2 aromatic carbocycles. The van der Waals surface area contributed by atoms with Crippen LogP contribution in [0.25, 0.3) is 5.76 Å². The highest BCUT2D eigenvalue weighted by Gasteiger charge is 2.47. The van der Waals surface area contributed by atoms with E-state index in [9.17, 15) is 29.7 Å². The normalized spacial score (nSPS) is 19.9. The summed E-state index contributed by atoms with van der Waals surface area (Å²) in [5.41, 5.74) is 4.35. The molecule has 39 heavy (non-hydrogen) atoms. The van der Waals surface area contributed by atoms with Crippen LogP contribution < -0.4 is 0 Å². The molecule has 0 saturated heterocycles. The van der Waals surface area contributed by atoms with E-state index in [4.69, 9.17) is 0 Å². The molecule has 2 aliphatic carbocycles. The Morgan fingerprint density at radius 3 is 2.28 bits per heavy atom. The molecule has 3 unspecified atom stereocenters. The van der Waals surface area contributed by atoms with Crippen molar-refractivity contribution in [1.82, 2.24) is 0 Å².